The van der Waals surface area contributed by atoms with Crippen LogP contribution in [0.5, 0.6) is 0 Å². The predicted octanol–water partition coefficient (Wildman–Crippen LogP) is 5.80. The predicted molar refractivity (Wildman–Crippen MR) is 164 cm³/mol. The van der Waals surface area contributed by atoms with Crippen molar-refractivity contribution >= 4 is 34.7 Å². The Morgan fingerprint density at radius 3 is 2.12 bits per heavy atom. The van der Waals surface area contributed by atoms with E-state index in [1.807, 2.05) is 103 Å². The Morgan fingerprint density at radius 2 is 1.37 bits per heavy atom. The molecule has 2 bridgehead atoms. The van der Waals surface area contributed by atoms with Crippen LogP contribution in [0.2, 0.25) is 0 Å². The molecule has 0 radical (unpaired) electrons. The molecule has 208 valence electrons. The quantitative estimate of drug-likeness (QED) is 0.167. The third-order valence-corrected chi connectivity index (χ3v) is 9.43. The summed E-state index contributed by atoms with van der Waals surface area (Å²) >= 11 is 0. The second-order valence-corrected chi connectivity index (χ2v) is 11.5. The number of benzene rings is 5. The van der Waals surface area contributed by atoms with Crippen LogP contribution in [0.15, 0.2) is 126 Å². The molecule has 4 aliphatic rings. The summed E-state index contributed by atoms with van der Waals surface area (Å²) in [5.41, 5.74) is 7.09. The van der Waals surface area contributed by atoms with Crippen molar-refractivity contribution in [1.82, 2.24) is 10.3 Å². The van der Waals surface area contributed by atoms with E-state index in [1.165, 1.54) is 4.90 Å². The smallest absolute Gasteiger partial charge is 0.271 e. The number of hydrogen-bond donors (Lipinski definition) is 1. The Labute approximate surface area is 248 Å². The lowest BCUT2D eigenvalue weighted by atomic mass is 9.47. The molecule has 3 aliphatic carbocycles. The molecule has 6 nitrogen and oxygen atoms in total. The van der Waals surface area contributed by atoms with Crippen molar-refractivity contribution in [2.45, 2.75) is 17.9 Å². The lowest BCUT2D eigenvalue weighted by Gasteiger charge is -2.52. The van der Waals surface area contributed by atoms with E-state index in [4.69, 9.17) is 0 Å². The minimum atomic E-state index is -1.03. The van der Waals surface area contributed by atoms with Crippen LogP contribution >= 0.6 is 0 Å². The average molecular weight is 562 g/mol. The van der Waals surface area contributed by atoms with Crippen LogP contribution in [0.3, 0.4) is 0 Å². The van der Waals surface area contributed by atoms with Gasteiger partial charge in [-0.25, -0.2) is 5.43 Å². The first kappa shape index (κ1) is 25.4. The van der Waals surface area contributed by atoms with Crippen molar-refractivity contribution in [3.05, 3.63) is 155 Å². The Hall–Kier alpha value is -5.36. The molecule has 2 atom stereocenters. The van der Waals surface area contributed by atoms with E-state index in [2.05, 4.69) is 22.7 Å². The Kier molecular flexibility index (Phi) is 5.66. The molecule has 0 aromatic heterocycles. The number of rotatable bonds is 5. The van der Waals surface area contributed by atoms with E-state index < -0.39 is 17.3 Å². The fraction of sp³-hybridized carbons (Fsp3) is 0.135. The summed E-state index contributed by atoms with van der Waals surface area (Å²) in [6.45, 7) is 0.218. The monoisotopic (exact) mass is 561 g/mol. The van der Waals surface area contributed by atoms with Gasteiger partial charge in [0.1, 0.15) is 0 Å². The van der Waals surface area contributed by atoms with E-state index in [1.54, 1.807) is 12.3 Å². The van der Waals surface area contributed by atoms with Gasteiger partial charge in [0.05, 0.1) is 23.8 Å². The summed E-state index contributed by atoms with van der Waals surface area (Å²) in [6.07, 6.45) is 1.71. The molecule has 43 heavy (non-hydrogen) atoms. The fourth-order valence-corrected chi connectivity index (χ4v) is 7.71. The summed E-state index contributed by atoms with van der Waals surface area (Å²) in [5.74, 6) is -2.20. The van der Waals surface area contributed by atoms with E-state index >= 15 is 0 Å². The van der Waals surface area contributed by atoms with Gasteiger partial charge >= 0.3 is 0 Å². The molecule has 5 aromatic carbocycles. The van der Waals surface area contributed by atoms with Gasteiger partial charge in [-0.2, -0.15) is 5.10 Å². The molecule has 1 saturated heterocycles. The first-order valence-corrected chi connectivity index (χ1v) is 14.5. The number of amides is 3. The van der Waals surface area contributed by atoms with Crippen molar-refractivity contribution in [1.29, 1.82) is 0 Å². The standard InChI is InChI=1S/C37H27N3O3/c41-34(26-18-10-14-24-13-4-5-15-25(24)26)39-38-22-37-29-19-8-6-16-27(29)31(28-17-7-9-20-30(28)37)32-33(37)36(43)40(35(32)42)21-23-11-2-1-3-12-23/h1-20,22,31-33H,21H2,(H,39,41)/b38-22-/t31?,32-,33-,37?/m0/s1. The zero-order valence-corrected chi connectivity index (χ0v) is 23.2. The van der Waals surface area contributed by atoms with Crippen LogP contribution < -0.4 is 5.43 Å². The van der Waals surface area contributed by atoms with E-state index in [0.29, 0.717) is 5.56 Å². The molecule has 1 N–H and O–H groups in total. The van der Waals surface area contributed by atoms with Gasteiger partial charge in [-0.15, -0.1) is 0 Å². The SMILES string of the molecule is O=C(N/N=C\C12c3ccccc3C(c3ccccc31)[C@@H]1C(=O)N(Cc3ccccc3)C(=O)[C@H]12)c1cccc2ccccc12. The minimum Gasteiger partial charge on any atom is -0.278 e. The third kappa shape index (κ3) is 3.59. The molecule has 0 saturated carbocycles. The topological polar surface area (TPSA) is 78.8 Å². The van der Waals surface area contributed by atoms with Crippen molar-refractivity contribution in [3.8, 4) is 0 Å². The van der Waals surface area contributed by atoms with E-state index in [-0.39, 0.29) is 30.2 Å². The highest BCUT2D eigenvalue weighted by molar-refractivity contribution is 6.11. The lowest BCUT2D eigenvalue weighted by molar-refractivity contribution is -0.140. The van der Waals surface area contributed by atoms with E-state index in [0.717, 1.165) is 38.6 Å². The van der Waals surface area contributed by atoms with Gasteiger partial charge in [0.15, 0.2) is 0 Å². The Bertz CT molecular complexity index is 1930. The molecule has 9 rings (SSSR count). The van der Waals surface area contributed by atoms with Crippen LogP contribution in [-0.4, -0.2) is 28.8 Å². The van der Waals surface area contributed by atoms with Crippen LogP contribution in [0.1, 0.15) is 44.1 Å². The van der Waals surface area contributed by atoms with Gasteiger partial charge in [0.25, 0.3) is 5.91 Å². The van der Waals surface area contributed by atoms with Crippen LogP contribution in [0.4, 0.5) is 0 Å². The van der Waals surface area contributed by atoms with Gasteiger partial charge in [-0.1, -0.05) is 115 Å². The van der Waals surface area contributed by atoms with Crippen molar-refractivity contribution in [3.63, 3.8) is 0 Å². The van der Waals surface area contributed by atoms with Gasteiger partial charge in [-0.05, 0) is 44.7 Å². The summed E-state index contributed by atoms with van der Waals surface area (Å²) in [5, 5.41) is 6.36. The van der Waals surface area contributed by atoms with Crippen molar-refractivity contribution in [2.75, 3.05) is 0 Å². The molecule has 1 fully saturated rings. The summed E-state index contributed by atoms with van der Waals surface area (Å²) < 4.78 is 0. The number of fused-ring (bicyclic) bond motifs is 1. The van der Waals surface area contributed by atoms with Crippen LogP contribution in [0.25, 0.3) is 10.8 Å². The number of nitrogens with one attached hydrogen (secondary N) is 1. The second kappa shape index (κ2) is 9.60. The fourth-order valence-electron chi connectivity index (χ4n) is 7.71. The second-order valence-electron chi connectivity index (χ2n) is 11.5. The highest BCUT2D eigenvalue weighted by Crippen LogP contribution is 2.63. The zero-order chi connectivity index (χ0) is 29.1. The number of hydrazone groups is 1. The Morgan fingerprint density at radius 1 is 0.744 bits per heavy atom. The molecule has 1 heterocycles. The van der Waals surface area contributed by atoms with Gasteiger partial charge in [0, 0.05) is 17.7 Å². The summed E-state index contributed by atoms with van der Waals surface area (Å²) in [4.78, 5) is 43.4. The molecule has 0 unspecified atom stereocenters. The maximum atomic E-state index is 14.4. The van der Waals surface area contributed by atoms with Gasteiger partial charge in [-0.3, -0.25) is 19.3 Å². The molecular formula is C37H27N3O3. The lowest BCUT2D eigenvalue weighted by Crippen LogP contribution is -2.54. The molecule has 1 aliphatic heterocycles. The average Bonchev–Trinajstić information content (AvgIpc) is 3.31. The summed E-state index contributed by atoms with van der Waals surface area (Å²) in [6, 6.07) is 39.0. The maximum absolute atomic E-state index is 14.4. The number of carbonyl (C=O) groups is 3. The third-order valence-electron chi connectivity index (χ3n) is 9.43. The molecule has 3 amide bonds. The first-order chi connectivity index (χ1) is 21.1. The molecule has 5 aromatic rings. The number of hydrogen-bond acceptors (Lipinski definition) is 4. The molecule has 0 spiro atoms. The number of imide groups is 1. The number of carbonyl (C=O) groups excluding carboxylic acids is 3. The molecular weight excluding hydrogens is 534 g/mol. The van der Waals surface area contributed by atoms with E-state index in [9.17, 15) is 14.4 Å². The van der Waals surface area contributed by atoms with Crippen molar-refractivity contribution < 1.29 is 14.4 Å². The van der Waals surface area contributed by atoms with Crippen LogP contribution in [-0.2, 0) is 21.5 Å². The maximum Gasteiger partial charge on any atom is 0.271 e. The Balaban J connectivity index is 1.26. The first-order valence-electron chi connectivity index (χ1n) is 14.5. The van der Waals surface area contributed by atoms with Crippen LogP contribution in [0, 0.1) is 11.8 Å². The zero-order valence-electron chi connectivity index (χ0n) is 23.2. The minimum absolute atomic E-state index is 0.162. The largest absolute Gasteiger partial charge is 0.278 e. The molecule has 6 heteroatoms. The summed E-state index contributed by atoms with van der Waals surface area (Å²) in [7, 11) is 0. The normalized spacial score (nSPS) is 23.3. The van der Waals surface area contributed by atoms with Gasteiger partial charge in [0.2, 0.25) is 11.8 Å². The number of nitrogens with zero attached hydrogens (tertiary/aromatic N) is 2. The van der Waals surface area contributed by atoms with Crippen molar-refractivity contribution in [2.24, 2.45) is 16.9 Å². The highest BCUT2D eigenvalue weighted by Gasteiger charge is 2.67. The highest BCUT2D eigenvalue weighted by atomic mass is 16.2. The van der Waals surface area contributed by atoms with Gasteiger partial charge < -0.3 is 0 Å². The number of likely N-dealkylation sites (tertiary alicyclic amines) is 1.